The Morgan fingerprint density at radius 2 is 1.40 bits per heavy atom. The van der Waals surface area contributed by atoms with Crippen molar-refractivity contribution in [1.29, 1.82) is 0 Å². The lowest BCUT2D eigenvalue weighted by Gasteiger charge is -2.34. The fourth-order valence-electron chi connectivity index (χ4n) is 2.00. The van der Waals surface area contributed by atoms with E-state index in [1.807, 2.05) is 0 Å². The first-order valence-corrected chi connectivity index (χ1v) is 7.46. The lowest BCUT2D eigenvalue weighted by molar-refractivity contribution is 0.371. The Bertz CT molecular complexity index is 604. The molecule has 20 heavy (non-hydrogen) atoms. The van der Waals surface area contributed by atoms with E-state index >= 15 is 0 Å². The zero-order valence-corrected chi connectivity index (χ0v) is 11.2. The minimum atomic E-state index is -3.41. The van der Waals surface area contributed by atoms with Crippen LogP contribution < -0.4 is 4.90 Å². The average Bonchev–Trinajstić information content (AvgIpc) is 2.36. The number of piperazine rings is 1. The first kappa shape index (κ1) is 15.0. The second kappa shape index (κ2) is 5.17. The van der Waals surface area contributed by atoms with Crippen LogP contribution in [-0.4, -0.2) is 50.1 Å². The van der Waals surface area contributed by atoms with Crippen LogP contribution in [0.1, 0.15) is 0 Å². The molecule has 112 valence electrons. The van der Waals surface area contributed by atoms with Gasteiger partial charge in [0.15, 0.2) is 0 Å². The minimum absolute atomic E-state index is 0.0245. The SMILES string of the molecule is CS(=O)(=O)N1CCN(c2c(F)c(F)nc(F)c2F)CC1. The predicted molar refractivity (Wildman–Crippen MR) is 62.7 cm³/mol. The Morgan fingerprint density at radius 1 is 0.950 bits per heavy atom. The maximum absolute atomic E-state index is 13.5. The maximum Gasteiger partial charge on any atom is 0.253 e. The van der Waals surface area contributed by atoms with Crippen molar-refractivity contribution in [3.63, 3.8) is 0 Å². The molecular weight excluding hydrogens is 302 g/mol. The highest BCUT2D eigenvalue weighted by atomic mass is 32.2. The van der Waals surface area contributed by atoms with Crippen LogP contribution in [0.25, 0.3) is 0 Å². The summed E-state index contributed by atoms with van der Waals surface area (Å²) in [7, 11) is -3.41. The molecule has 0 saturated carbocycles. The largest absolute Gasteiger partial charge is 0.364 e. The third-order valence-electron chi connectivity index (χ3n) is 3.00. The molecule has 1 saturated heterocycles. The number of anilines is 1. The number of rotatable bonds is 2. The molecule has 0 bridgehead atoms. The summed E-state index contributed by atoms with van der Waals surface area (Å²) in [5.41, 5.74) is -0.858. The van der Waals surface area contributed by atoms with E-state index in [0.29, 0.717) is 0 Å². The van der Waals surface area contributed by atoms with Gasteiger partial charge in [-0.05, 0) is 0 Å². The van der Waals surface area contributed by atoms with Crippen molar-refractivity contribution in [2.24, 2.45) is 0 Å². The van der Waals surface area contributed by atoms with Gasteiger partial charge in [-0.1, -0.05) is 0 Å². The number of nitrogens with zero attached hydrogens (tertiary/aromatic N) is 3. The third-order valence-corrected chi connectivity index (χ3v) is 4.30. The Kier molecular flexibility index (Phi) is 3.87. The van der Waals surface area contributed by atoms with Gasteiger partial charge in [-0.25, -0.2) is 8.42 Å². The van der Waals surface area contributed by atoms with Crippen LogP contribution in [0.15, 0.2) is 0 Å². The van der Waals surface area contributed by atoms with Crippen molar-refractivity contribution >= 4 is 15.7 Å². The van der Waals surface area contributed by atoms with Gasteiger partial charge in [-0.15, -0.1) is 0 Å². The van der Waals surface area contributed by atoms with Gasteiger partial charge in [-0.2, -0.15) is 26.9 Å². The fraction of sp³-hybridized carbons (Fsp3) is 0.500. The Labute approximate surface area is 112 Å². The van der Waals surface area contributed by atoms with Gasteiger partial charge in [0, 0.05) is 26.2 Å². The lowest BCUT2D eigenvalue weighted by atomic mass is 10.2. The van der Waals surface area contributed by atoms with E-state index in [1.54, 1.807) is 0 Å². The Morgan fingerprint density at radius 3 is 1.80 bits per heavy atom. The third kappa shape index (κ3) is 2.70. The molecule has 1 aromatic rings. The van der Waals surface area contributed by atoms with Gasteiger partial charge in [-0.3, -0.25) is 0 Å². The van der Waals surface area contributed by atoms with Gasteiger partial charge in [0.1, 0.15) is 5.69 Å². The highest BCUT2D eigenvalue weighted by Gasteiger charge is 2.30. The molecule has 0 N–H and O–H groups in total. The topological polar surface area (TPSA) is 53.5 Å². The predicted octanol–water partition coefficient (Wildman–Crippen LogP) is 0.720. The van der Waals surface area contributed by atoms with Crippen LogP contribution in [0.4, 0.5) is 23.2 Å². The molecule has 10 heteroatoms. The molecule has 0 aromatic carbocycles. The number of aromatic nitrogens is 1. The molecule has 1 aliphatic heterocycles. The van der Waals surface area contributed by atoms with Crippen LogP contribution in [0.5, 0.6) is 0 Å². The van der Waals surface area contributed by atoms with Crippen LogP contribution in [-0.2, 0) is 10.0 Å². The Balaban J connectivity index is 2.28. The number of pyridine rings is 1. The smallest absolute Gasteiger partial charge is 0.253 e. The van der Waals surface area contributed by atoms with E-state index in [9.17, 15) is 26.0 Å². The summed E-state index contributed by atoms with van der Waals surface area (Å²) in [5.74, 6) is -6.64. The molecule has 1 aromatic heterocycles. The van der Waals surface area contributed by atoms with E-state index in [1.165, 1.54) is 0 Å². The molecule has 1 aliphatic rings. The normalized spacial score (nSPS) is 17.6. The standard InChI is InChI=1S/C10H11F4N3O2S/c1-20(18,19)17-4-2-16(3-5-17)8-6(11)9(13)15-10(14)7(8)12/h2-5H2,1H3. The number of hydrogen-bond acceptors (Lipinski definition) is 4. The fourth-order valence-corrected chi connectivity index (χ4v) is 2.82. The van der Waals surface area contributed by atoms with Crippen molar-refractivity contribution in [3.05, 3.63) is 23.5 Å². The quantitative estimate of drug-likeness (QED) is 0.596. The van der Waals surface area contributed by atoms with Gasteiger partial charge < -0.3 is 4.90 Å². The zero-order chi connectivity index (χ0) is 15.1. The molecule has 0 unspecified atom stereocenters. The molecule has 2 rings (SSSR count). The molecule has 1 fully saturated rings. The van der Waals surface area contributed by atoms with E-state index in [-0.39, 0.29) is 26.2 Å². The molecule has 0 atom stereocenters. The minimum Gasteiger partial charge on any atom is -0.364 e. The van der Waals surface area contributed by atoms with Crippen molar-refractivity contribution < 1.29 is 26.0 Å². The van der Waals surface area contributed by atoms with E-state index in [2.05, 4.69) is 4.98 Å². The van der Waals surface area contributed by atoms with E-state index in [0.717, 1.165) is 15.5 Å². The van der Waals surface area contributed by atoms with Crippen molar-refractivity contribution in [3.8, 4) is 0 Å². The highest BCUT2D eigenvalue weighted by Crippen LogP contribution is 2.27. The van der Waals surface area contributed by atoms with E-state index < -0.39 is 39.2 Å². The van der Waals surface area contributed by atoms with Crippen LogP contribution in [0.3, 0.4) is 0 Å². The molecule has 2 heterocycles. The lowest BCUT2D eigenvalue weighted by Crippen LogP contribution is -2.49. The Hall–Kier alpha value is -1.42. The number of sulfonamides is 1. The van der Waals surface area contributed by atoms with Gasteiger partial charge in [0.2, 0.25) is 21.7 Å². The molecule has 0 aliphatic carbocycles. The van der Waals surface area contributed by atoms with Crippen molar-refractivity contribution in [2.75, 3.05) is 37.3 Å². The molecular formula is C10H11F4N3O2S. The maximum atomic E-state index is 13.5. The summed E-state index contributed by atoms with van der Waals surface area (Å²) in [6.45, 7) is -0.208. The van der Waals surface area contributed by atoms with Crippen LogP contribution in [0, 0.1) is 23.5 Å². The summed E-state index contributed by atoms with van der Waals surface area (Å²) in [5, 5.41) is 0. The first-order chi connectivity index (χ1) is 9.21. The first-order valence-electron chi connectivity index (χ1n) is 5.62. The summed E-state index contributed by atoms with van der Waals surface area (Å²) < 4.78 is 76.8. The average molecular weight is 313 g/mol. The second-order valence-electron chi connectivity index (χ2n) is 4.32. The van der Waals surface area contributed by atoms with Crippen LogP contribution >= 0.6 is 0 Å². The van der Waals surface area contributed by atoms with Crippen molar-refractivity contribution in [2.45, 2.75) is 0 Å². The van der Waals surface area contributed by atoms with Gasteiger partial charge >= 0.3 is 0 Å². The van der Waals surface area contributed by atoms with Crippen LogP contribution in [0.2, 0.25) is 0 Å². The van der Waals surface area contributed by atoms with Gasteiger partial charge in [0.25, 0.3) is 11.9 Å². The monoisotopic (exact) mass is 313 g/mol. The zero-order valence-electron chi connectivity index (χ0n) is 10.4. The van der Waals surface area contributed by atoms with E-state index in [4.69, 9.17) is 0 Å². The summed E-state index contributed by atoms with van der Waals surface area (Å²) in [6.07, 6.45) is 1.01. The molecule has 0 radical (unpaired) electrons. The molecule has 0 amide bonds. The summed E-state index contributed by atoms with van der Waals surface area (Å²) in [6, 6.07) is 0. The number of halogens is 4. The molecule has 0 spiro atoms. The number of hydrogen-bond donors (Lipinski definition) is 0. The summed E-state index contributed by atoms with van der Waals surface area (Å²) >= 11 is 0. The summed E-state index contributed by atoms with van der Waals surface area (Å²) in [4.78, 5) is 3.52. The highest BCUT2D eigenvalue weighted by molar-refractivity contribution is 7.88. The van der Waals surface area contributed by atoms with Gasteiger partial charge in [0.05, 0.1) is 6.26 Å². The van der Waals surface area contributed by atoms with Crippen molar-refractivity contribution in [1.82, 2.24) is 9.29 Å². The molecule has 5 nitrogen and oxygen atoms in total. The second-order valence-corrected chi connectivity index (χ2v) is 6.30.